The summed E-state index contributed by atoms with van der Waals surface area (Å²) in [5.74, 6) is -0.249. The smallest absolute Gasteiger partial charge is 0.220 e. The molecule has 0 aliphatic carbocycles. The molecule has 12 atom stereocenters. The van der Waals surface area contributed by atoms with Gasteiger partial charge in [-0.3, -0.25) is 4.79 Å². The lowest BCUT2D eigenvalue weighted by Crippen LogP contribution is -2.65. The Labute approximate surface area is 503 Å². The van der Waals surface area contributed by atoms with E-state index in [1.165, 1.54) is 154 Å². The molecule has 480 valence electrons. The summed E-state index contributed by atoms with van der Waals surface area (Å²) < 4.78 is 22.8. The van der Waals surface area contributed by atoms with Crippen LogP contribution in [0.5, 0.6) is 0 Å². The van der Waals surface area contributed by atoms with Gasteiger partial charge in [-0.25, -0.2) is 0 Å². The van der Waals surface area contributed by atoms with Crippen molar-refractivity contribution in [1.29, 1.82) is 0 Å². The topological polar surface area (TPSA) is 228 Å². The van der Waals surface area contributed by atoms with Gasteiger partial charge in [-0.15, -0.1) is 0 Å². The molecule has 14 heteroatoms. The van der Waals surface area contributed by atoms with Crippen molar-refractivity contribution in [3.05, 3.63) is 85.1 Å². The van der Waals surface area contributed by atoms with Gasteiger partial charge in [-0.05, 0) is 77.0 Å². The lowest BCUT2D eigenvalue weighted by Gasteiger charge is -2.46. The second kappa shape index (κ2) is 53.4. The largest absolute Gasteiger partial charge is 0.394 e. The van der Waals surface area contributed by atoms with Crippen molar-refractivity contribution >= 4 is 5.91 Å². The van der Waals surface area contributed by atoms with Crippen LogP contribution in [-0.4, -0.2) is 140 Å². The average molecular weight is 1170 g/mol. The Morgan fingerprint density at radius 3 is 1.33 bits per heavy atom. The number of carbonyl (C=O) groups excluding carboxylic acids is 1. The SMILES string of the molecule is CC/C=C\C/C=C\C/C=C\C/C=C\C/C=C\CCCCCCCCCCCCCCCCCCCCCCCC(=O)NC(COC1OC(CO)C(OC2OC(CO)C(O)C(O)C2O)C(O)C1O)C(O)/C=C/CC/C=C/CCCCCCCC. The van der Waals surface area contributed by atoms with E-state index in [-0.39, 0.29) is 18.9 Å². The summed E-state index contributed by atoms with van der Waals surface area (Å²) in [6.07, 6.45) is 56.6. The van der Waals surface area contributed by atoms with Crippen molar-refractivity contribution in [2.24, 2.45) is 0 Å². The normalized spacial score (nSPS) is 24.4. The number of nitrogens with one attached hydrogen (secondary N) is 1. The molecule has 0 radical (unpaired) electrons. The number of unbranched alkanes of at least 4 members (excludes halogenated alkanes) is 28. The second-order valence-electron chi connectivity index (χ2n) is 23.2. The number of hydrogen-bond acceptors (Lipinski definition) is 13. The van der Waals surface area contributed by atoms with Gasteiger partial charge in [0.2, 0.25) is 5.91 Å². The molecular formula is C69H121NO13. The van der Waals surface area contributed by atoms with Crippen molar-refractivity contribution < 1.29 is 64.6 Å². The van der Waals surface area contributed by atoms with Crippen LogP contribution in [0.3, 0.4) is 0 Å². The monoisotopic (exact) mass is 1170 g/mol. The Morgan fingerprint density at radius 2 is 0.843 bits per heavy atom. The van der Waals surface area contributed by atoms with Gasteiger partial charge in [0.05, 0.1) is 32.0 Å². The van der Waals surface area contributed by atoms with Crippen molar-refractivity contribution in [3.8, 4) is 0 Å². The van der Waals surface area contributed by atoms with Crippen molar-refractivity contribution in [3.63, 3.8) is 0 Å². The minimum absolute atomic E-state index is 0.249. The van der Waals surface area contributed by atoms with Crippen LogP contribution in [0.15, 0.2) is 85.1 Å². The van der Waals surface area contributed by atoms with Crippen LogP contribution in [0, 0.1) is 0 Å². The first-order chi connectivity index (χ1) is 40.6. The standard InChI is InChI=1S/C69H121NO13/c1-3-5-7-9-11-13-15-17-18-19-20-21-22-23-24-25-26-27-28-29-30-31-32-33-34-35-36-37-38-39-40-41-43-45-47-49-51-53-61(74)70-57(58(73)52-50-48-46-44-42-16-14-12-10-8-6-4-2)56-80-68-66(79)64(77)67(60(55-72)82-68)83-69-65(78)63(76)62(75)59(54-71)81-69/h5,7,11,13,17-18,20-21,23-24,42,44,50,52,57-60,62-69,71-73,75-79H,3-4,6,8-10,12,14-16,19,22,25-41,43,45-49,51,53-56H2,1-2H3,(H,70,74)/b7-5-,13-11-,18-17-,21-20-,24-23-,44-42+,52-50+. The van der Waals surface area contributed by atoms with E-state index >= 15 is 0 Å². The van der Waals surface area contributed by atoms with Crippen molar-refractivity contribution in [2.75, 3.05) is 19.8 Å². The van der Waals surface area contributed by atoms with Gasteiger partial charge in [-0.2, -0.15) is 0 Å². The van der Waals surface area contributed by atoms with Crippen LogP contribution in [0.25, 0.3) is 0 Å². The van der Waals surface area contributed by atoms with Gasteiger partial charge in [0.1, 0.15) is 48.8 Å². The van der Waals surface area contributed by atoms with Crippen LogP contribution < -0.4 is 5.32 Å². The lowest BCUT2D eigenvalue weighted by molar-refractivity contribution is -0.359. The van der Waals surface area contributed by atoms with Crippen LogP contribution in [0.2, 0.25) is 0 Å². The highest BCUT2D eigenvalue weighted by Gasteiger charge is 2.51. The summed E-state index contributed by atoms with van der Waals surface area (Å²) in [4.78, 5) is 13.3. The average Bonchev–Trinajstić information content (AvgIpc) is 3.58. The third-order valence-electron chi connectivity index (χ3n) is 15.8. The van der Waals surface area contributed by atoms with Crippen molar-refractivity contribution in [2.45, 2.75) is 325 Å². The second-order valence-corrected chi connectivity index (χ2v) is 23.2. The van der Waals surface area contributed by atoms with E-state index in [0.29, 0.717) is 12.8 Å². The third kappa shape index (κ3) is 38.1. The molecule has 0 spiro atoms. The molecule has 83 heavy (non-hydrogen) atoms. The molecular weight excluding hydrogens is 1050 g/mol. The van der Waals surface area contributed by atoms with Crippen LogP contribution in [-0.2, 0) is 23.7 Å². The number of allylic oxidation sites excluding steroid dienone is 13. The Bertz CT molecular complexity index is 1710. The summed E-state index contributed by atoms with van der Waals surface area (Å²) in [6, 6.07) is -0.932. The van der Waals surface area contributed by atoms with Gasteiger partial charge >= 0.3 is 0 Å². The Hall–Kier alpha value is -2.83. The first-order valence-electron chi connectivity index (χ1n) is 33.3. The molecule has 2 aliphatic heterocycles. The zero-order valence-electron chi connectivity index (χ0n) is 51.9. The number of amides is 1. The van der Waals surface area contributed by atoms with E-state index in [9.17, 15) is 45.6 Å². The van der Waals surface area contributed by atoms with Gasteiger partial charge < -0.3 is 65.1 Å². The van der Waals surface area contributed by atoms with Gasteiger partial charge in [0.25, 0.3) is 0 Å². The van der Waals surface area contributed by atoms with E-state index < -0.39 is 86.8 Å². The Morgan fingerprint density at radius 1 is 0.446 bits per heavy atom. The molecule has 9 N–H and O–H groups in total. The Balaban J connectivity index is 1.58. The van der Waals surface area contributed by atoms with Crippen LogP contribution >= 0.6 is 0 Å². The van der Waals surface area contributed by atoms with Crippen LogP contribution in [0.1, 0.15) is 251 Å². The van der Waals surface area contributed by atoms with E-state index in [1.807, 2.05) is 6.08 Å². The third-order valence-corrected chi connectivity index (χ3v) is 15.8. The summed E-state index contributed by atoms with van der Waals surface area (Å²) in [7, 11) is 0. The van der Waals surface area contributed by atoms with Crippen molar-refractivity contribution in [1.82, 2.24) is 5.32 Å². The molecule has 2 fully saturated rings. The van der Waals surface area contributed by atoms with E-state index in [2.05, 4.69) is 92.1 Å². The molecule has 0 aromatic carbocycles. The van der Waals surface area contributed by atoms with Gasteiger partial charge in [0, 0.05) is 6.42 Å². The highest BCUT2D eigenvalue weighted by atomic mass is 16.7. The van der Waals surface area contributed by atoms with Gasteiger partial charge in [0.15, 0.2) is 12.6 Å². The molecule has 0 aromatic heterocycles. The molecule has 2 saturated heterocycles. The highest BCUT2D eigenvalue weighted by molar-refractivity contribution is 5.76. The number of ether oxygens (including phenoxy) is 4. The van der Waals surface area contributed by atoms with Crippen LogP contribution in [0.4, 0.5) is 0 Å². The fourth-order valence-corrected chi connectivity index (χ4v) is 10.5. The number of aliphatic hydroxyl groups is 8. The number of carbonyl (C=O) groups is 1. The first kappa shape index (κ1) is 76.3. The summed E-state index contributed by atoms with van der Waals surface area (Å²) >= 11 is 0. The zero-order chi connectivity index (χ0) is 60.2. The number of rotatable bonds is 53. The molecule has 14 nitrogen and oxygen atoms in total. The molecule has 2 aliphatic rings. The minimum atomic E-state index is -1.79. The molecule has 12 unspecified atom stereocenters. The fourth-order valence-electron chi connectivity index (χ4n) is 10.5. The maximum absolute atomic E-state index is 13.3. The van der Waals surface area contributed by atoms with E-state index in [1.54, 1.807) is 6.08 Å². The summed E-state index contributed by atoms with van der Waals surface area (Å²) in [5.41, 5.74) is 0. The predicted octanol–water partition coefficient (Wildman–Crippen LogP) is 12.8. The summed E-state index contributed by atoms with van der Waals surface area (Å²) in [6.45, 7) is 2.65. The molecule has 0 bridgehead atoms. The highest BCUT2D eigenvalue weighted by Crippen LogP contribution is 2.30. The number of hydrogen-bond donors (Lipinski definition) is 9. The summed E-state index contributed by atoms with van der Waals surface area (Å²) in [5, 5.41) is 87.0. The molecule has 1 amide bonds. The predicted molar refractivity (Wildman–Crippen MR) is 336 cm³/mol. The first-order valence-corrected chi connectivity index (χ1v) is 33.3. The van der Waals surface area contributed by atoms with E-state index in [0.717, 1.165) is 64.2 Å². The van der Waals surface area contributed by atoms with E-state index in [4.69, 9.17) is 18.9 Å². The minimum Gasteiger partial charge on any atom is -0.394 e. The lowest BCUT2D eigenvalue weighted by atomic mass is 9.97. The number of aliphatic hydroxyl groups excluding tert-OH is 8. The zero-order valence-corrected chi connectivity index (χ0v) is 51.9. The maximum Gasteiger partial charge on any atom is 0.220 e. The fraction of sp³-hybridized carbons (Fsp3) is 0.783. The molecule has 0 saturated carbocycles. The molecule has 2 heterocycles. The van der Waals surface area contributed by atoms with Gasteiger partial charge in [-0.1, -0.05) is 253 Å². The Kier molecular flexibility index (Phi) is 49.1. The maximum atomic E-state index is 13.3. The molecule has 0 aromatic rings. The quantitative estimate of drug-likeness (QED) is 0.0204. The molecule has 2 rings (SSSR count).